The molecule has 0 saturated carbocycles. The first-order valence-corrected chi connectivity index (χ1v) is 3.98. The van der Waals surface area contributed by atoms with E-state index in [4.69, 9.17) is 15.3 Å². The Bertz CT molecular complexity index is 155. The Balaban J connectivity index is 4.33. The molecule has 6 heteroatoms. The molecule has 0 bridgehead atoms. The second-order valence-electron chi connectivity index (χ2n) is 2.91. The van der Waals surface area contributed by atoms with Crippen molar-refractivity contribution in [3.05, 3.63) is 0 Å². The highest BCUT2D eigenvalue weighted by Gasteiger charge is 2.25. The van der Waals surface area contributed by atoms with Gasteiger partial charge in [-0.15, -0.1) is 0 Å². The van der Waals surface area contributed by atoms with Crippen LogP contribution in [0, 0.1) is 0 Å². The highest BCUT2D eigenvalue weighted by molar-refractivity contribution is 5.65. The molecule has 3 N–H and O–H groups in total. The van der Waals surface area contributed by atoms with Gasteiger partial charge in [-0.3, -0.25) is 4.48 Å². The predicted molar refractivity (Wildman–Crippen MR) is 41.1 cm³/mol. The zero-order chi connectivity index (χ0) is 10.3. The van der Waals surface area contributed by atoms with E-state index in [1.54, 1.807) is 0 Å². The third kappa shape index (κ3) is 4.18. The largest absolute Gasteiger partial charge is 0.544 e. The average molecular weight is 193 g/mol. The van der Waals surface area contributed by atoms with Crippen LogP contribution in [0.2, 0.25) is 0 Å². The third-order valence-electron chi connectivity index (χ3n) is 1.91. The molecule has 0 amide bonds. The first kappa shape index (κ1) is 12.3. The summed E-state index contributed by atoms with van der Waals surface area (Å²) in [6.45, 7) is -1.15. The van der Waals surface area contributed by atoms with E-state index in [2.05, 4.69) is 0 Å². The molecule has 78 valence electrons. The number of aliphatic hydroxyl groups excluding tert-OH is 3. The Labute approximate surface area is 76.2 Å². The van der Waals surface area contributed by atoms with E-state index in [0.29, 0.717) is 0 Å². The molecule has 0 aromatic carbocycles. The van der Waals surface area contributed by atoms with Gasteiger partial charge in [0.25, 0.3) is 0 Å². The summed E-state index contributed by atoms with van der Waals surface area (Å²) in [4.78, 5) is 10.3. The lowest BCUT2D eigenvalue weighted by Gasteiger charge is -2.35. The van der Waals surface area contributed by atoms with Crippen molar-refractivity contribution in [2.24, 2.45) is 0 Å². The number of aliphatic hydroxyl groups is 3. The third-order valence-corrected chi connectivity index (χ3v) is 1.91. The van der Waals surface area contributed by atoms with E-state index >= 15 is 0 Å². The van der Waals surface area contributed by atoms with Crippen LogP contribution in [-0.4, -0.2) is 65.4 Å². The Kier molecular flexibility index (Phi) is 5.56. The summed E-state index contributed by atoms with van der Waals surface area (Å²) in [6.07, 6.45) is 0. The van der Waals surface area contributed by atoms with Crippen molar-refractivity contribution in [3.8, 4) is 0 Å². The maximum Gasteiger partial charge on any atom is 0.180 e. The van der Waals surface area contributed by atoms with Crippen molar-refractivity contribution >= 4 is 5.97 Å². The first-order valence-electron chi connectivity index (χ1n) is 3.98. The standard InChI is InChI=1S/C7H15NO5/c9-3-1-8(6-11,2-4-10)5-7(12)13/h9-11H,1-6H2. The van der Waals surface area contributed by atoms with Gasteiger partial charge in [0.05, 0.1) is 19.2 Å². The number of aliphatic carboxylic acids is 1. The van der Waals surface area contributed by atoms with Crippen molar-refractivity contribution in [1.82, 2.24) is 0 Å². The van der Waals surface area contributed by atoms with Crippen LogP contribution in [0.5, 0.6) is 0 Å². The van der Waals surface area contributed by atoms with Crippen LogP contribution < -0.4 is 5.11 Å². The fourth-order valence-electron chi connectivity index (χ4n) is 1.16. The normalized spacial score (nSPS) is 11.6. The van der Waals surface area contributed by atoms with Crippen molar-refractivity contribution in [2.45, 2.75) is 0 Å². The lowest BCUT2D eigenvalue weighted by atomic mass is 10.3. The van der Waals surface area contributed by atoms with Gasteiger partial charge in [0.2, 0.25) is 0 Å². The first-order chi connectivity index (χ1) is 6.10. The number of hydrogen-bond acceptors (Lipinski definition) is 5. The van der Waals surface area contributed by atoms with Crippen molar-refractivity contribution in [2.75, 3.05) is 39.6 Å². The van der Waals surface area contributed by atoms with Gasteiger partial charge in [-0.1, -0.05) is 0 Å². The van der Waals surface area contributed by atoms with Crippen molar-refractivity contribution in [1.29, 1.82) is 0 Å². The number of rotatable bonds is 7. The quantitative estimate of drug-likeness (QED) is 0.287. The molecule has 0 aromatic heterocycles. The summed E-state index contributed by atoms with van der Waals surface area (Å²) >= 11 is 0. The Morgan fingerprint density at radius 1 is 1.15 bits per heavy atom. The minimum Gasteiger partial charge on any atom is -0.544 e. The molecule has 0 aliphatic carbocycles. The molecule has 13 heavy (non-hydrogen) atoms. The van der Waals surface area contributed by atoms with Crippen LogP contribution >= 0.6 is 0 Å². The van der Waals surface area contributed by atoms with E-state index in [1.807, 2.05) is 0 Å². The maximum absolute atomic E-state index is 10.3. The zero-order valence-corrected chi connectivity index (χ0v) is 7.35. The van der Waals surface area contributed by atoms with E-state index in [0.717, 1.165) is 0 Å². The van der Waals surface area contributed by atoms with Gasteiger partial charge in [-0.25, -0.2) is 0 Å². The van der Waals surface area contributed by atoms with Gasteiger partial charge < -0.3 is 25.2 Å². The summed E-state index contributed by atoms with van der Waals surface area (Å²) in [7, 11) is 0. The highest BCUT2D eigenvalue weighted by atomic mass is 16.4. The average Bonchev–Trinajstić information content (AvgIpc) is 2.04. The van der Waals surface area contributed by atoms with Crippen LogP contribution in [0.1, 0.15) is 0 Å². The number of nitrogens with zero attached hydrogens (tertiary/aromatic N) is 1. The molecular weight excluding hydrogens is 178 g/mol. The zero-order valence-electron chi connectivity index (χ0n) is 7.35. The minimum absolute atomic E-state index is 0.0883. The second-order valence-corrected chi connectivity index (χ2v) is 2.91. The van der Waals surface area contributed by atoms with Crippen molar-refractivity contribution < 1.29 is 29.7 Å². The minimum atomic E-state index is -1.31. The fourth-order valence-corrected chi connectivity index (χ4v) is 1.16. The second kappa shape index (κ2) is 5.87. The smallest absolute Gasteiger partial charge is 0.180 e. The summed E-state index contributed by atoms with van der Waals surface area (Å²) in [5.41, 5.74) is 0. The van der Waals surface area contributed by atoms with Crippen LogP contribution in [0.25, 0.3) is 0 Å². The van der Waals surface area contributed by atoms with Gasteiger partial charge in [-0.05, 0) is 0 Å². The van der Waals surface area contributed by atoms with Gasteiger partial charge in [0, 0.05) is 0 Å². The molecule has 0 spiro atoms. The van der Waals surface area contributed by atoms with Crippen molar-refractivity contribution in [3.63, 3.8) is 0 Å². The molecule has 0 aromatic rings. The van der Waals surface area contributed by atoms with E-state index in [1.165, 1.54) is 0 Å². The molecule has 0 fully saturated rings. The molecule has 0 unspecified atom stereocenters. The predicted octanol–water partition coefficient (Wildman–Crippen LogP) is -3.51. The summed E-state index contributed by atoms with van der Waals surface area (Å²) in [5.74, 6) is -1.31. The number of carboxylic acids is 1. The number of quaternary nitrogens is 1. The summed E-state index contributed by atoms with van der Waals surface area (Å²) in [5, 5.41) is 36.6. The van der Waals surface area contributed by atoms with Crippen LogP contribution in [0.15, 0.2) is 0 Å². The highest BCUT2D eigenvalue weighted by Crippen LogP contribution is 2.03. The number of carbonyl (C=O) groups excluding carboxylic acids is 1. The molecule has 0 atom stereocenters. The molecule has 0 saturated heterocycles. The fraction of sp³-hybridized carbons (Fsp3) is 0.857. The lowest BCUT2D eigenvalue weighted by Crippen LogP contribution is -2.57. The van der Waals surface area contributed by atoms with E-state index in [9.17, 15) is 9.90 Å². The van der Waals surface area contributed by atoms with Crippen LogP contribution in [0.3, 0.4) is 0 Å². The maximum atomic E-state index is 10.3. The van der Waals surface area contributed by atoms with Gasteiger partial charge in [0.15, 0.2) is 6.73 Å². The topological polar surface area (TPSA) is 101 Å². The van der Waals surface area contributed by atoms with E-state index < -0.39 is 19.2 Å². The molecule has 0 aliphatic heterocycles. The van der Waals surface area contributed by atoms with Gasteiger partial charge in [0.1, 0.15) is 19.6 Å². The van der Waals surface area contributed by atoms with Gasteiger partial charge >= 0.3 is 0 Å². The Morgan fingerprint density at radius 2 is 1.62 bits per heavy atom. The van der Waals surface area contributed by atoms with Crippen LogP contribution in [-0.2, 0) is 4.79 Å². The SMILES string of the molecule is O=C([O-])C[N+](CO)(CCO)CCO. The molecule has 6 nitrogen and oxygen atoms in total. The number of carbonyl (C=O) groups is 1. The molecule has 0 heterocycles. The molecular formula is C7H15NO5. The van der Waals surface area contributed by atoms with Gasteiger partial charge in [-0.2, -0.15) is 0 Å². The molecule has 0 rings (SSSR count). The Hall–Kier alpha value is -0.690. The number of carboxylic acid groups (broad SMARTS) is 1. The van der Waals surface area contributed by atoms with E-state index in [-0.39, 0.29) is 30.8 Å². The summed E-state index contributed by atoms with van der Waals surface area (Å²) < 4.78 is -0.269. The molecule has 0 aliphatic rings. The monoisotopic (exact) mass is 193 g/mol. The number of hydrogen-bond donors (Lipinski definition) is 3. The summed E-state index contributed by atoms with van der Waals surface area (Å²) in [6, 6.07) is 0. The molecule has 0 radical (unpaired) electrons. The Morgan fingerprint density at radius 3 is 1.85 bits per heavy atom. The lowest BCUT2D eigenvalue weighted by molar-refractivity contribution is -0.940. The van der Waals surface area contributed by atoms with Crippen LogP contribution in [0.4, 0.5) is 0 Å².